The van der Waals surface area contributed by atoms with Gasteiger partial charge in [0.05, 0.1) is 0 Å². The molecular weight excluding hydrogens is 238 g/mol. The summed E-state index contributed by atoms with van der Waals surface area (Å²) in [4.78, 5) is 14.2. The molecule has 1 saturated carbocycles. The molecule has 4 nitrogen and oxygen atoms in total. The lowest BCUT2D eigenvalue weighted by atomic mass is 9.86. The van der Waals surface area contributed by atoms with E-state index in [1.165, 1.54) is 18.5 Å². The molecule has 0 unspecified atom stereocenters. The number of hydrogen-bond donors (Lipinski definition) is 2. The van der Waals surface area contributed by atoms with Gasteiger partial charge in [-0.05, 0) is 37.8 Å². The topological polar surface area (TPSA) is 58.4 Å². The Morgan fingerprint density at radius 3 is 2.37 bits per heavy atom. The Hall–Kier alpha value is -1.55. The van der Waals surface area contributed by atoms with Crippen LogP contribution in [0.25, 0.3) is 0 Å². The summed E-state index contributed by atoms with van der Waals surface area (Å²) in [5.74, 6) is -0.188. The first kappa shape index (κ1) is 12.5. The van der Waals surface area contributed by atoms with Gasteiger partial charge in [-0.1, -0.05) is 18.2 Å². The summed E-state index contributed by atoms with van der Waals surface area (Å²) in [5, 5.41) is 3.48. The molecule has 1 aromatic carbocycles. The fourth-order valence-corrected chi connectivity index (χ4v) is 2.87. The maximum atomic E-state index is 11.8. The summed E-state index contributed by atoms with van der Waals surface area (Å²) in [5.41, 5.74) is 6.39. The molecule has 2 fully saturated rings. The number of anilines is 1. The standard InChI is InChI=1S/C15H21N3O/c16-14(19)15(17-12-6-7-12)8-10-18(11-9-15)13-4-2-1-3-5-13/h1-5,12,17H,6-11H2,(H2,16,19). The van der Waals surface area contributed by atoms with Crippen molar-refractivity contribution in [2.24, 2.45) is 5.73 Å². The first-order valence-electron chi connectivity index (χ1n) is 7.07. The van der Waals surface area contributed by atoms with Gasteiger partial charge in [0.25, 0.3) is 0 Å². The Kier molecular flexibility index (Phi) is 3.19. The smallest absolute Gasteiger partial charge is 0.237 e. The van der Waals surface area contributed by atoms with Crippen molar-refractivity contribution in [3.63, 3.8) is 0 Å². The molecule has 2 aliphatic rings. The van der Waals surface area contributed by atoms with E-state index in [0.717, 1.165) is 25.9 Å². The van der Waals surface area contributed by atoms with Crippen molar-refractivity contribution in [2.45, 2.75) is 37.3 Å². The molecule has 19 heavy (non-hydrogen) atoms. The van der Waals surface area contributed by atoms with Crippen molar-refractivity contribution in [3.05, 3.63) is 30.3 Å². The molecule has 1 saturated heterocycles. The van der Waals surface area contributed by atoms with Crippen LogP contribution in [0.1, 0.15) is 25.7 Å². The predicted octanol–water partition coefficient (Wildman–Crippen LogP) is 1.26. The second-order valence-corrected chi connectivity index (χ2v) is 5.69. The van der Waals surface area contributed by atoms with Crippen molar-refractivity contribution in [3.8, 4) is 0 Å². The molecule has 4 heteroatoms. The molecule has 0 aromatic heterocycles. The molecule has 0 bridgehead atoms. The zero-order chi connectivity index (χ0) is 13.3. The van der Waals surface area contributed by atoms with Gasteiger partial charge in [-0.3, -0.25) is 4.79 Å². The number of nitrogens with two attached hydrogens (primary N) is 1. The molecule has 1 heterocycles. The molecule has 0 spiro atoms. The average Bonchev–Trinajstić information content (AvgIpc) is 3.24. The number of hydrogen-bond acceptors (Lipinski definition) is 3. The van der Waals surface area contributed by atoms with E-state index in [4.69, 9.17) is 5.73 Å². The number of piperidine rings is 1. The third-order valence-corrected chi connectivity index (χ3v) is 4.27. The number of rotatable bonds is 4. The third kappa shape index (κ3) is 2.59. The number of amides is 1. The molecule has 1 aliphatic carbocycles. The first-order valence-corrected chi connectivity index (χ1v) is 7.07. The maximum absolute atomic E-state index is 11.8. The van der Waals surface area contributed by atoms with Crippen LogP contribution in [-0.4, -0.2) is 30.6 Å². The third-order valence-electron chi connectivity index (χ3n) is 4.27. The first-order chi connectivity index (χ1) is 9.20. The lowest BCUT2D eigenvalue weighted by molar-refractivity contribution is -0.125. The molecule has 102 valence electrons. The molecule has 0 atom stereocenters. The summed E-state index contributed by atoms with van der Waals surface area (Å²) in [7, 11) is 0. The Labute approximate surface area is 114 Å². The zero-order valence-electron chi connectivity index (χ0n) is 11.1. The molecule has 0 radical (unpaired) electrons. The van der Waals surface area contributed by atoms with E-state index in [-0.39, 0.29) is 5.91 Å². The minimum absolute atomic E-state index is 0.188. The van der Waals surface area contributed by atoms with Gasteiger partial charge in [-0.2, -0.15) is 0 Å². The fourth-order valence-electron chi connectivity index (χ4n) is 2.87. The highest BCUT2D eigenvalue weighted by molar-refractivity contribution is 5.85. The SMILES string of the molecule is NC(=O)C1(NC2CC2)CCN(c2ccccc2)CC1. The van der Waals surface area contributed by atoms with Gasteiger partial charge in [0, 0.05) is 24.8 Å². The van der Waals surface area contributed by atoms with Crippen LogP contribution in [0.2, 0.25) is 0 Å². The highest BCUT2D eigenvalue weighted by Gasteiger charge is 2.43. The lowest BCUT2D eigenvalue weighted by Gasteiger charge is -2.41. The predicted molar refractivity (Wildman–Crippen MR) is 76.0 cm³/mol. The largest absolute Gasteiger partial charge is 0.371 e. The number of carbonyl (C=O) groups is 1. The second kappa shape index (κ2) is 4.85. The van der Waals surface area contributed by atoms with Gasteiger partial charge in [-0.25, -0.2) is 0 Å². The highest BCUT2D eigenvalue weighted by Crippen LogP contribution is 2.30. The van der Waals surface area contributed by atoms with E-state index in [1.807, 2.05) is 18.2 Å². The Morgan fingerprint density at radius 2 is 1.84 bits per heavy atom. The van der Waals surface area contributed by atoms with Crippen LogP contribution in [-0.2, 0) is 4.79 Å². The maximum Gasteiger partial charge on any atom is 0.237 e. The van der Waals surface area contributed by atoms with Crippen LogP contribution in [0.3, 0.4) is 0 Å². The van der Waals surface area contributed by atoms with Crippen molar-refractivity contribution >= 4 is 11.6 Å². The molecular formula is C15H21N3O. The van der Waals surface area contributed by atoms with Crippen LogP contribution in [0, 0.1) is 0 Å². The van der Waals surface area contributed by atoms with Gasteiger partial charge in [0.2, 0.25) is 5.91 Å². The number of nitrogens with zero attached hydrogens (tertiary/aromatic N) is 1. The Balaban J connectivity index is 1.68. The Morgan fingerprint density at radius 1 is 1.21 bits per heavy atom. The Bertz CT molecular complexity index is 448. The van der Waals surface area contributed by atoms with Crippen molar-refractivity contribution < 1.29 is 4.79 Å². The van der Waals surface area contributed by atoms with Gasteiger partial charge < -0.3 is 16.0 Å². The fraction of sp³-hybridized carbons (Fsp3) is 0.533. The minimum Gasteiger partial charge on any atom is -0.371 e. The van der Waals surface area contributed by atoms with Gasteiger partial charge in [-0.15, -0.1) is 0 Å². The van der Waals surface area contributed by atoms with Crippen LogP contribution in [0.15, 0.2) is 30.3 Å². The van der Waals surface area contributed by atoms with E-state index >= 15 is 0 Å². The van der Waals surface area contributed by atoms with Gasteiger partial charge in [0.1, 0.15) is 5.54 Å². The number of primary amides is 1. The minimum atomic E-state index is -0.480. The highest BCUT2D eigenvalue weighted by atomic mass is 16.1. The number of para-hydroxylation sites is 1. The average molecular weight is 259 g/mol. The zero-order valence-corrected chi connectivity index (χ0v) is 11.1. The van der Waals surface area contributed by atoms with E-state index in [9.17, 15) is 4.79 Å². The van der Waals surface area contributed by atoms with E-state index in [0.29, 0.717) is 6.04 Å². The molecule has 3 rings (SSSR count). The monoisotopic (exact) mass is 259 g/mol. The van der Waals surface area contributed by atoms with Crippen LogP contribution in [0.5, 0.6) is 0 Å². The van der Waals surface area contributed by atoms with Crippen LogP contribution < -0.4 is 16.0 Å². The number of nitrogens with one attached hydrogen (secondary N) is 1. The van der Waals surface area contributed by atoms with Crippen LogP contribution >= 0.6 is 0 Å². The van der Waals surface area contributed by atoms with Gasteiger partial charge >= 0.3 is 0 Å². The van der Waals surface area contributed by atoms with Crippen molar-refractivity contribution in [1.82, 2.24) is 5.32 Å². The normalized spacial score (nSPS) is 22.2. The molecule has 1 aromatic rings. The van der Waals surface area contributed by atoms with E-state index in [2.05, 4.69) is 22.3 Å². The number of carbonyl (C=O) groups excluding carboxylic acids is 1. The van der Waals surface area contributed by atoms with E-state index in [1.54, 1.807) is 0 Å². The summed E-state index contributed by atoms with van der Waals surface area (Å²) in [6.45, 7) is 1.76. The van der Waals surface area contributed by atoms with E-state index < -0.39 is 5.54 Å². The summed E-state index contributed by atoms with van der Waals surface area (Å²) in [6, 6.07) is 10.9. The molecule has 1 aliphatic heterocycles. The number of benzene rings is 1. The quantitative estimate of drug-likeness (QED) is 0.856. The van der Waals surface area contributed by atoms with Crippen molar-refractivity contribution in [2.75, 3.05) is 18.0 Å². The summed E-state index contributed by atoms with van der Waals surface area (Å²) in [6.07, 6.45) is 3.95. The summed E-state index contributed by atoms with van der Waals surface area (Å²) >= 11 is 0. The van der Waals surface area contributed by atoms with Crippen LogP contribution in [0.4, 0.5) is 5.69 Å². The molecule has 3 N–H and O–H groups in total. The molecule has 1 amide bonds. The van der Waals surface area contributed by atoms with Crippen molar-refractivity contribution in [1.29, 1.82) is 0 Å². The second-order valence-electron chi connectivity index (χ2n) is 5.69. The van der Waals surface area contributed by atoms with Gasteiger partial charge in [0.15, 0.2) is 0 Å². The lowest BCUT2D eigenvalue weighted by Crippen LogP contribution is -2.61. The summed E-state index contributed by atoms with van der Waals surface area (Å²) < 4.78 is 0.